The van der Waals surface area contributed by atoms with Gasteiger partial charge in [-0.1, -0.05) is 47.1 Å². The highest BCUT2D eigenvalue weighted by Crippen LogP contribution is 2.28. The summed E-state index contributed by atoms with van der Waals surface area (Å²) in [6.45, 7) is 2.09. The van der Waals surface area contributed by atoms with Crippen LogP contribution in [-0.4, -0.2) is 25.8 Å². The maximum atomic E-state index is 12.0. The number of oxime groups is 1. The lowest BCUT2D eigenvalue weighted by molar-refractivity contribution is -0.120. The first kappa shape index (κ1) is 22.2. The van der Waals surface area contributed by atoms with E-state index in [1.54, 1.807) is 37.4 Å². The molecule has 0 fully saturated rings. The van der Waals surface area contributed by atoms with Gasteiger partial charge in [0.2, 0.25) is 0 Å². The lowest BCUT2D eigenvalue weighted by atomic mass is 10.2. The second-order valence-corrected chi connectivity index (χ2v) is 7.14. The van der Waals surface area contributed by atoms with Crippen molar-refractivity contribution in [1.82, 2.24) is 0 Å². The average molecular weight is 439 g/mol. The first-order valence-corrected chi connectivity index (χ1v) is 9.99. The number of benzene rings is 3. The highest BCUT2D eigenvalue weighted by Gasteiger charge is 2.07. The molecule has 0 saturated carbocycles. The number of carbonyl (C=O) groups is 1. The van der Waals surface area contributed by atoms with E-state index in [2.05, 4.69) is 10.5 Å². The molecule has 1 N–H and O–H groups in total. The molecule has 160 valence electrons. The summed E-state index contributed by atoms with van der Waals surface area (Å²) in [6, 6.07) is 20.5. The number of anilines is 1. The van der Waals surface area contributed by atoms with Crippen LogP contribution in [0.3, 0.4) is 0 Å². The Labute approximate surface area is 186 Å². The third kappa shape index (κ3) is 6.76. The van der Waals surface area contributed by atoms with Gasteiger partial charge in [0.1, 0.15) is 6.61 Å². The van der Waals surface area contributed by atoms with Crippen LogP contribution in [0.4, 0.5) is 5.69 Å². The normalized spacial score (nSPS) is 10.7. The Morgan fingerprint density at radius 2 is 1.87 bits per heavy atom. The molecular weight excluding hydrogens is 416 g/mol. The zero-order valence-electron chi connectivity index (χ0n) is 17.3. The minimum atomic E-state index is -0.315. The summed E-state index contributed by atoms with van der Waals surface area (Å²) in [5.74, 6) is 0.891. The Balaban J connectivity index is 1.51. The van der Waals surface area contributed by atoms with Crippen LogP contribution in [0.15, 0.2) is 71.9 Å². The topological polar surface area (TPSA) is 69.2 Å². The van der Waals surface area contributed by atoms with Crippen molar-refractivity contribution in [3.05, 3.63) is 88.4 Å². The van der Waals surface area contributed by atoms with E-state index in [4.69, 9.17) is 25.9 Å². The molecule has 6 nitrogen and oxygen atoms in total. The molecule has 0 heterocycles. The Kier molecular flexibility index (Phi) is 7.90. The highest BCUT2D eigenvalue weighted by atomic mass is 35.5. The molecule has 7 heteroatoms. The van der Waals surface area contributed by atoms with Gasteiger partial charge in [0.25, 0.3) is 5.91 Å². The van der Waals surface area contributed by atoms with Crippen LogP contribution in [-0.2, 0) is 16.2 Å². The van der Waals surface area contributed by atoms with Crippen molar-refractivity contribution in [3.63, 3.8) is 0 Å². The molecule has 1 amide bonds. The number of methoxy groups -OCH3 is 1. The van der Waals surface area contributed by atoms with Gasteiger partial charge in [-0.05, 0) is 54.4 Å². The van der Waals surface area contributed by atoms with Crippen molar-refractivity contribution < 1.29 is 19.1 Å². The zero-order valence-corrected chi connectivity index (χ0v) is 18.1. The SMILES string of the molecule is COc1cc(/C=N/OCC(=O)Nc2ccc(Cl)cc2C)ccc1OCc1ccccc1. The van der Waals surface area contributed by atoms with Crippen LogP contribution >= 0.6 is 11.6 Å². The van der Waals surface area contributed by atoms with E-state index in [0.717, 1.165) is 16.7 Å². The molecule has 0 unspecified atom stereocenters. The van der Waals surface area contributed by atoms with Gasteiger partial charge in [-0.3, -0.25) is 4.79 Å². The number of nitrogens with zero attached hydrogens (tertiary/aromatic N) is 1. The molecule has 3 aromatic rings. The Morgan fingerprint density at radius 1 is 1.06 bits per heavy atom. The van der Waals surface area contributed by atoms with Crippen LogP contribution in [0.25, 0.3) is 0 Å². The molecule has 0 aliphatic carbocycles. The summed E-state index contributed by atoms with van der Waals surface area (Å²) in [5, 5.41) is 7.23. The molecule has 0 atom stereocenters. The number of rotatable bonds is 9. The minimum Gasteiger partial charge on any atom is -0.493 e. The Bertz CT molecular complexity index is 1050. The van der Waals surface area contributed by atoms with Crippen molar-refractivity contribution in [2.75, 3.05) is 19.0 Å². The molecule has 0 spiro atoms. The number of aryl methyl sites for hydroxylation is 1. The standard InChI is InChI=1S/C24H23ClN2O4/c1-17-12-20(25)9-10-21(17)27-24(28)16-31-26-14-19-8-11-22(23(13-19)29-2)30-15-18-6-4-3-5-7-18/h3-14H,15-16H2,1-2H3,(H,27,28)/b26-14+. The summed E-state index contributed by atoms with van der Waals surface area (Å²) in [5.41, 5.74) is 3.36. The first-order chi connectivity index (χ1) is 15.0. The summed E-state index contributed by atoms with van der Waals surface area (Å²) < 4.78 is 11.2. The van der Waals surface area contributed by atoms with Gasteiger partial charge in [-0.25, -0.2) is 0 Å². The number of hydrogen-bond acceptors (Lipinski definition) is 5. The number of halogens is 1. The molecular formula is C24H23ClN2O4. The van der Waals surface area contributed by atoms with Crippen LogP contribution in [0.5, 0.6) is 11.5 Å². The molecule has 0 saturated heterocycles. The number of carbonyl (C=O) groups excluding carboxylic acids is 1. The molecule has 0 aromatic heterocycles. The fourth-order valence-electron chi connectivity index (χ4n) is 2.77. The summed E-state index contributed by atoms with van der Waals surface area (Å²) in [7, 11) is 1.57. The Hall–Kier alpha value is -3.51. The van der Waals surface area contributed by atoms with Gasteiger partial charge in [0, 0.05) is 16.3 Å². The van der Waals surface area contributed by atoms with Crippen LogP contribution in [0.1, 0.15) is 16.7 Å². The van der Waals surface area contributed by atoms with E-state index >= 15 is 0 Å². The smallest absolute Gasteiger partial charge is 0.265 e. The van der Waals surface area contributed by atoms with Crippen molar-refractivity contribution >= 4 is 29.4 Å². The van der Waals surface area contributed by atoms with Gasteiger partial charge >= 0.3 is 0 Å². The van der Waals surface area contributed by atoms with Crippen molar-refractivity contribution in [1.29, 1.82) is 0 Å². The van der Waals surface area contributed by atoms with Gasteiger partial charge in [-0.2, -0.15) is 0 Å². The first-order valence-electron chi connectivity index (χ1n) is 9.61. The van der Waals surface area contributed by atoms with E-state index in [9.17, 15) is 4.79 Å². The van der Waals surface area contributed by atoms with Crippen LogP contribution < -0.4 is 14.8 Å². The maximum absolute atomic E-state index is 12.0. The van der Waals surface area contributed by atoms with E-state index in [-0.39, 0.29) is 12.5 Å². The number of nitrogens with one attached hydrogen (secondary N) is 1. The maximum Gasteiger partial charge on any atom is 0.265 e. The second kappa shape index (κ2) is 11.0. The zero-order chi connectivity index (χ0) is 22.1. The number of amides is 1. The second-order valence-electron chi connectivity index (χ2n) is 6.70. The molecule has 3 rings (SSSR count). The average Bonchev–Trinajstić information content (AvgIpc) is 2.78. The van der Waals surface area contributed by atoms with E-state index in [0.29, 0.717) is 28.8 Å². The largest absolute Gasteiger partial charge is 0.493 e. The predicted octanol–water partition coefficient (Wildman–Crippen LogP) is 5.23. The minimum absolute atomic E-state index is 0.214. The van der Waals surface area contributed by atoms with Gasteiger partial charge in [-0.15, -0.1) is 0 Å². The van der Waals surface area contributed by atoms with E-state index in [1.807, 2.05) is 43.3 Å². The molecule has 0 bridgehead atoms. The highest BCUT2D eigenvalue weighted by molar-refractivity contribution is 6.30. The van der Waals surface area contributed by atoms with Gasteiger partial charge in [0.15, 0.2) is 18.1 Å². The fraction of sp³-hybridized carbons (Fsp3) is 0.167. The molecule has 3 aromatic carbocycles. The third-order valence-corrected chi connectivity index (χ3v) is 4.59. The van der Waals surface area contributed by atoms with Crippen LogP contribution in [0.2, 0.25) is 5.02 Å². The van der Waals surface area contributed by atoms with Crippen molar-refractivity contribution in [3.8, 4) is 11.5 Å². The molecule has 0 radical (unpaired) electrons. The number of hydrogen-bond donors (Lipinski definition) is 1. The monoisotopic (exact) mass is 438 g/mol. The molecule has 0 aliphatic heterocycles. The van der Waals surface area contributed by atoms with E-state index in [1.165, 1.54) is 6.21 Å². The van der Waals surface area contributed by atoms with Crippen molar-refractivity contribution in [2.24, 2.45) is 5.16 Å². The van der Waals surface area contributed by atoms with Crippen molar-refractivity contribution in [2.45, 2.75) is 13.5 Å². The predicted molar refractivity (Wildman–Crippen MR) is 122 cm³/mol. The lowest BCUT2D eigenvalue weighted by Gasteiger charge is -2.11. The summed E-state index contributed by atoms with van der Waals surface area (Å²) in [4.78, 5) is 17.1. The summed E-state index contributed by atoms with van der Waals surface area (Å²) in [6.07, 6.45) is 1.50. The molecule has 0 aliphatic rings. The lowest BCUT2D eigenvalue weighted by Crippen LogP contribution is -2.17. The fourth-order valence-corrected chi connectivity index (χ4v) is 2.99. The van der Waals surface area contributed by atoms with Crippen LogP contribution in [0, 0.1) is 6.92 Å². The Morgan fingerprint density at radius 3 is 2.61 bits per heavy atom. The third-order valence-electron chi connectivity index (χ3n) is 4.36. The summed E-state index contributed by atoms with van der Waals surface area (Å²) >= 11 is 5.92. The van der Waals surface area contributed by atoms with Gasteiger partial charge < -0.3 is 19.6 Å². The number of ether oxygens (including phenoxy) is 2. The quantitative estimate of drug-likeness (QED) is 0.367. The van der Waals surface area contributed by atoms with Gasteiger partial charge in [0.05, 0.1) is 13.3 Å². The molecule has 31 heavy (non-hydrogen) atoms. The van der Waals surface area contributed by atoms with E-state index < -0.39 is 0 Å².